The van der Waals surface area contributed by atoms with Crippen LogP contribution in [0.25, 0.3) is 10.9 Å². The molecule has 10 heteroatoms. The van der Waals surface area contributed by atoms with E-state index in [1.54, 1.807) is 18.2 Å². The molecule has 0 radical (unpaired) electrons. The van der Waals surface area contributed by atoms with E-state index in [0.29, 0.717) is 29.5 Å². The van der Waals surface area contributed by atoms with Crippen LogP contribution in [0.15, 0.2) is 36.4 Å². The van der Waals surface area contributed by atoms with E-state index < -0.39 is 29.2 Å². The van der Waals surface area contributed by atoms with Crippen molar-refractivity contribution in [3.63, 3.8) is 0 Å². The monoisotopic (exact) mass is 490 g/mol. The second-order valence-electron chi connectivity index (χ2n) is 10.1. The van der Waals surface area contributed by atoms with Crippen LogP contribution in [0.2, 0.25) is 0 Å². The van der Waals surface area contributed by atoms with Crippen LogP contribution >= 0.6 is 0 Å². The van der Waals surface area contributed by atoms with Gasteiger partial charge in [-0.1, -0.05) is 26.8 Å². The molecular weight excluding hydrogens is 465 g/mol. The van der Waals surface area contributed by atoms with Crippen LogP contribution in [-0.4, -0.2) is 33.3 Å². The summed E-state index contributed by atoms with van der Waals surface area (Å²) in [6.07, 6.45) is -4.42. The average molecular weight is 490 g/mol. The van der Waals surface area contributed by atoms with Crippen LogP contribution in [0.3, 0.4) is 0 Å². The molecule has 1 fully saturated rings. The van der Waals surface area contributed by atoms with Crippen molar-refractivity contribution in [1.82, 2.24) is 4.57 Å². The maximum absolute atomic E-state index is 15.2. The van der Waals surface area contributed by atoms with Crippen LogP contribution in [0.5, 0.6) is 11.5 Å². The molecule has 186 valence electrons. The number of nitrogens with one attached hydrogen (secondary N) is 1. The standard InChI is InChI=1S/C25H25F3N2O5/c1-23(2,3)19-9-13-8-15(11-16(26)21(13)30(19)12-20(31)32)29-22(33)24(6-7-24)14-4-5-17-18(10-14)35-25(27,28)34-17/h4-5,8-11,20,31-32H,6-7,12H2,1-3H3,(H,29,33). The summed E-state index contributed by atoms with van der Waals surface area (Å²) in [7, 11) is 0. The molecule has 3 aromatic rings. The number of alkyl halides is 2. The normalized spacial score (nSPS) is 17.7. The number of rotatable bonds is 5. The van der Waals surface area contributed by atoms with Crippen molar-refractivity contribution in [2.75, 3.05) is 5.32 Å². The number of aromatic nitrogens is 1. The quantitative estimate of drug-likeness (QED) is 0.462. The molecule has 0 atom stereocenters. The van der Waals surface area contributed by atoms with Gasteiger partial charge in [-0.05, 0) is 48.7 Å². The predicted octanol–water partition coefficient (Wildman–Crippen LogP) is 4.38. The molecule has 1 amide bonds. The SMILES string of the molecule is CC(C)(C)c1cc2cc(NC(=O)C3(c4ccc5c(c4)OC(F)(F)O5)CC3)cc(F)c2n1CC(O)O. The highest BCUT2D eigenvalue weighted by Gasteiger charge is 2.52. The Morgan fingerprint density at radius 3 is 2.43 bits per heavy atom. The predicted molar refractivity (Wildman–Crippen MR) is 121 cm³/mol. The van der Waals surface area contributed by atoms with Crippen LogP contribution < -0.4 is 14.8 Å². The lowest BCUT2D eigenvalue weighted by molar-refractivity contribution is -0.286. The number of aliphatic hydroxyl groups excluding tert-OH is 1. The summed E-state index contributed by atoms with van der Waals surface area (Å²) in [6, 6.07) is 8.85. The fourth-order valence-corrected chi connectivity index (χ4v) is 4.68. The molecule has 1 aliphatic carbocycles. The van der Waals surface area contributed by atoms with Crippen molar-refractivity contribution in [3.8, 4) is 11.5 Å². The molecule has 1 aromatic heterocycles. The van der Waals surface area contributed by atoms with E-state index in [4.69, 9.17) is 0 Å². The summed E-state index contributed by atoms with van der Waals surface area (Å²) < 4.78 is 52.5. The van der Waals surface area contributed by atoms with Crippen molar-refractivity contribution in [1.29, 1.82) is 0 Å². The number of amides is 1. The van der Waals surface area contributed by atoms with Gasteiger partial charge in [0.2, 0.25) is 5.91 Å². The molecule has 5 rings (SSSR count). The molecule has 7 nitrogen and oxygen atoms in total. The number of ether oxygens (including phenoxy) is 2. The van der Waals surface area contributed by atoms with Crippen molar-refractivity contribution in [2.24, 2.45) is 0 Å². The Labute approximate surface area is 199 Å². The van der Waals surface area contributed by atoms with Gasteiger partial charge in [0.15, 0.2) is 17.8 Å². The van der Waals surface area contributed by atoms with E-state index in [1.165, 1.54) is 22.8 Å². The summed E-state index contributed by atoms with van der Waals surface area (Å²) in [6.45, 7) is 5.59. The van der Waals surface area contributed by atoms with Crippen LogP contribution in [0.4, 0.5) is 18.9 Å². The second-order valence-corrected chi connectivity index (χ2v) is 10.1. The molecule has 0 unspecified atom stereocenters. The number of hydrogen-bond acceptors (Lipinski definition) is 5. The third kappa shape index (κ3) is 4.10. The first-order chi connectivity index (χ1) is 16.3. The van der Waals surface area contributed by atoms with Crippen molar-refractivity contribution >= 4 is 22.5 Å². The van der Waals surface area contributed by atoms with E-state index in [0.717, 1.165) is 0 Å². The van der Waals surface area contributed by atoms with Gasteiger partial charge in [0.25, 0.3) is 0 Å². The zero-order valence-corrected chi connectivity index (χ0v) is 19.4. The van der Waals surface area contributed by atoms with Crippen LogP contribution in [0, 0.1) is 5.82 Å². The van der Waals surface area contributed by atoms with Gasteiger partial charge in [0.1, 0.15) is 5.82 Å². The number of carbonyl (C=O) groups excluding carboxylic acids is 1. The number of carbonyl (C=O) groups is 1. The molecule has 0 saturated heterocycles. The third-order valence-corrected chi connectivity index (χ3v) is 6.46. The highest BCUT2D eigenvalue weighted by Crippen LogP contribution is 2.52. The largest absolute Gasteiger partial charge is 0.586 e. The average Bonchev–Trinajstić information content (AvgIpc) is 3.36. The molecule has 2 heterocycles. The number of anilines is 1. The van der Waals surface area contributed by atoms with Crippen molar-refractivity contribution in [3.05, 3.63) is 53.5 Å². The number of hydrogen-bond donors (Lipinski definition) is 3. The zero-order chi connectivity index (χ0) is 25.3. The Hall–Kier alpha value is -3.24. The fraction of sp³-hybridized carbons (Fsp3) is 0.400. The fourth-order valence-electron chi connectivity index (χ4n) is 4.68. The number of benzene rings is 2. The van der Waals surface area contributed by atoms with E-state index in [1.807, 2.05) is 20.8 Å². The molecule has 1 aliphatic heterocycles. The molecule has 1 saturated carbocycles. The highest BCUT2D eigenvalue weighted by atomic mass is 19.3. The van der Waals surface area contributed by atoms with E-state index in [2.05, 4.69) is 14.8 Å². The van der Waals surface area contributed by atoms with Gasteiger partial charge >= 0.3 is 6.29 Å². The molecule has 2 aliphatic rings. The maximum atomic E-state index is 15.2. The first-order valence-electron chi connectivity index (χ1n) is 11.2. The number of halogens is 3. The summed E-state index contributed by atoms with van der Waals surface area (Å²) >= 11 is 0. The minimum absolute atomic E-state index is 0.102. The van der Waals surface area contributed by atoms with Crippen molar-refractivity contribution < 1.29 is 37.7 Å². The van der Waals surface area contributed by atoms with E-state index in [9.17, 15) is 23.8 Å². The van der Waals surface area contributed by atoms with E-state index >= 15 is 4.39 Å². The maximum Gasteiger partial charge on any atom is 0.586 e. The van der Waals surface area contributed by atoms with Crippen LogP contribution in [0.1, 0.15) is 44.9 Å². The van der Waals surface area contributed by atoms with Gasteiger partial charge in [-0.2, -0.15) is 0 Å². The lowest BCUT2D eigenvalue weighted by Gasteiger charge is -2.22. The first kappa shape index (κ1) is 23.5. The Bertz CT molecular complexity index is 1340. The summed E-state index contributed by atoms with van der Waals surface area (Å²) in [5, 5.41) is 22.3. The van der Waals surface area contributed by atoms with Gasteiger partial charge in [-0.3, -0.25) is 4.79 Å². The molecule has 35 heavy (non-hydrogen) atoms. The number of aliphatic hydroxyl groups is 2. The van der Waals surface area contributed by atoms with Gasteiger partial charge in [0, 0.05) is 22.2 Å². The van der Waals surface area contributed by atoms with Gasteiger partial charge < -0.3 is 29.6 Å². The van der Waals surface area contributed by atoms with Gasteiger partial charge in [-0.25, -0.2) is 4.39 Å². The molecule has 0 bridgehead atoms. The highest BCUT2D eigenvalue weighted by molar-refractivity contribution is 6.02. The minimum Gasteiger partial charge on any atom is -0.395 e. The Morgan fingerprint density at radius 2 is 1.80 bits per heavy atom. The van der Waals surface area contributed by atoms with Crippen LogP contribution in [-0.2, 0) is 22.2 Å². The van der Waals surface area contributed by atoms with E-state index in [-0.39, 0.29) is 35.2 Å². The molecule has 2 aromatic carbocycles. The topological polar surface area (TPSA) is 93.0 Å². The van der Waals surface area contributed by atoms with Gasteiger partial charge in [-0.15, -0.1) is 8.78 Å². The summed E-state index contributed by atoms with van der Waals surface area (Å²) in [5.41, 5.74) is 0.316. The Balaban J connectivity index is 1.46. The minimum atomic E-state index is -3.75. The smallest absolute Gasteiger partial charge is 0.395 e. The number of nitrogens with zero attached hydrogens (tertiary/aromatic N) is 1. The molecular formula is C25H25F3N2O5. The summed E-state index contributed by atoms with van der Waals surface area (Å²) in [5.74, 6) is -1.25. The summed E-state index contributed by atoms with van der Waals surface area (Å²) in [4.78, 5) is 13.2. The Kier molecular flexibility index (Phi) is 5.12. The molecule has 3 N–H and O–H groups in total. The lowest BCUT2D eigenvalue weighted by Crippen LogP contribution is -2.28. The second kappa shape index (κ2) is 7.63. The number of fused-ring (bicyclic) bond motifs is 2. The zero-order valence-electron chi connectivity index (χ0n) is 19.4. The Morgan fingerprint density at radius 1 is 1.11 bits per heavy atom. The third-order valence-electron chi connectivity index (χ3n) is 6.46. The lowest BCUT2D eigenvalue weighted by atomic mass is 9.92. The molecule has 0 spiro atoms. The van der Waals surface area contributed by atoms with Gasteiger partial charge in [0.05, 0.1) is 17.5 Å². The first-order valence-corrected chi connectivity index (χ1v) is 11.2. The van der Waals surface area contributed by atoms with Crippen molar-refractivity contribution in [2.45, 2.75) is 63.6 Å².